The number of hydrogen-bond donors (Lipinski definition) is 1. The van der Waals surface area contributed by atoms with Gasteiger partial charge in [0.1, 0.15) is 0 Å². The highest BCUT2D eigenvalue weighted by Crippen LogP contribution is 2.31. The molecule has 21 heavy (non-hydrogen) atoms. The van der Waals surface area contributed by atoms with E-state index in [2.05, 4.69) is 45.3 Å². The van der Waals surface area contributed by atoms with E-state index in [1.807, 2.05) is 0 Å². The highest BCUT2D eigenvalue weighted by Gasteiger charge is 2.24. The Morgan fingerprint density at radius 2 is 1.81 bits per heavy atom. The molecule has 2 nitrogen and oxygen atoms in total. The fourth-order valence-corrected chi connectivity index (χ4v) is 3.56. The van der Waals surface area contributed by atoms with Crippen molar-refractivity contribution >= 4 is 0 Å². The molecule has 0 saturated carbocycles. The van der Waals surface area contributed by atoms with Crippen LogP contribution >= 0.6 is 0 Å². The van der Waals surface area contributed by atoms with Crippen molar-refractivity contribution < 1.29 is 4.74 Å². The molecule has 1 aromatic rings. The van der Waals surface area contributed by atoms with Gasteiger partial charge in [-0.3, -0.25) is 0 Å². The molecule has 0 spiro atoms. The number of benzene rings is 1. The fraction of sp³-hybridized carbons (Fsp3) is 0.684. The van der Waals surface area contributed by atoms with Crippen molar-refractivity contribution in [2.45, 2.75) is 71.4 Å². The van der Waals surface area contributed by atoms with Gasteiger partial charge in [-0.2, -0.15) is 0 Å². The molecular formula is C19H31NO. The van der Waals surface area contributed by atoms with Crippen LogP contribution < -0.4 is 5.32 Å². The predicted octanol–water partition coefficient (Wildman–Crippen LogP) is 4.20. The minimum atomic E-state index is 0.420. The maximum absolute atomic E-state index is 5.86. The van der Waals surface area contributed by atoms with Crippen LogP contribution in [0.5, 0.6) is 0 Å². The number of nitrogens with one attached hydrogen (secondary N) is 1. The van der Waals surface area contributed by atoms with E-state index in [1.54, 1.807) is 0 Å². The van der Waals surface area contributed by atoms with Crippen LogP contribution in [0.3, 0.4) is 0 Å². The minimum Gasteiger partial charge on any atom is -0.378 e. The summed E-state index contributed by atoms with van der Waals surface area (Å²) in [6, 6.07) is 5.24. The summed E-state index contributed by atoms with van der Waals surface area (Å²) in [6.07, 6.45) is 7.31. The Labute approximate surface area is 130 Å². The van der Waals surface area contributed by atoms with Crippen molar-refractivity contribution in [1.29, 1.82) is 0 Å². The molecule has 118 valence electrons. The first-order valence-electron chi connectivity index (χ1n) is 8.66. The van der Waals surface area contributed by atoms with Crippen LogP contribution in [0.2, 0.25) is 0 Å². The summed E-state index contributed by atoms with van der Waals surface area (Å²) in [6.45, 7) is 7.74. The Morgan fingerprint density at radius 1 is 1.14 bits per heavy atom. The summed E-state index contributed by atoms with van der Waals surface area (Å²) in [7, 11) is 2.09. The molecular weight excluding hydrogens is 258 g/mol. The number of ether oxygens (including phenoxy) is 1. The number of hydrogen-bond acceptors (Lipinski definition) is 2. The zero-order valence-corrected chi connectivity index (χ0v) is 14.2. The van der Waals surface area contributed by atoms with Crippen LogP contribution in [0.1, 0.15) is 68.3 Å². The Hall–Kier alpha value is -0.860. The summed E-state index contributed by atoms with van der Waals surface area (Å²) in [5, 5.41) is 3.55. The maximum atomic E-state index is 5.86. The highest BCUT2D eigenvalue weighted by atomic mass is 16.5. The zero-order valence-electron chi connectivity index (χ0n) is 14.2. The lowest BCUT2D eigenvalue weighted by Gasteiger charge is -2.26. The predicted molar refractivity (Wildman–Crippen MR) is 90.0 cm³/mol. The van der Waals surface area contributed by atoms with Gasteiger partial charge in [-0.25, -0.2) is 0 Å². The average Bonchev–Trinajstić information content (AvgIpc) is 3.04. The van der Waals surface area contributed by atoms with Gasteiger partial charge in [0.05, 0.1) is 6.10 Å². The fourth-order valence-electron chi connectivity index (χ4n) is 3.56. The first kappa shape index (κ1) is 16.5. The summed E-state index contributed by atoms with van der Waals surface area (Å²) >= 11 is 0. The third kappa shape index (κ3) is 3.87. The normalized spacial score (nSPS) is 19.9. The smallest absolute Gasteiger partial charge is 0.0594 e. The Morgan fingerprint density at radius 3 is 2.24 bits per heavy atom. The van der Waals surface area contributed by atoms with Gasteiger partial charge in [0.25, 0.3) is 0 Å². The van der Waals surface area contributed by atoms with E-state index in [0.717, 1.165) is 32.3 Å². The van der Waals surface area contributed by atoms with Gasteiger partial charge in [-0.15, -0.1) is 0 Å². The molecule has 2 atom stereocenters. The van der Waals surface area contributed by atoms with Gasteiger partial charge in [0.15, 0.2) is 0 Å². The molecule has 0 radical (unpaired) electrons. The quantitative estimate of drug-likeness (QED) is 0.812. The Kier molecular flexibility index (Phi) is 6.25. The van der Waals surface area contributed by atoms with Crippen LogP contribution in [0.15, 0.2) is 12.1 Å². The third-order valence-electron chi connectivity index (χ3n) is 4.80. The first-order chi connectivity index (χ1) is 10.2. The van der Waals surface area contributed by atoms with Crippen molar-refractivity contribution in [3.05, 3.63) is 34.4 Å². The van der Waals surface area contributed by atoms with E-state index in [1.165, 1.54) is 35.1 Å². The molecule has 2 heteroatoms. The molecule has 1 saturated heterocycles. The van der Waals surface area contributed by atoms with E-state index in [9.17, 15) is 0 Å². The summed E-state index contributed by atoms with van der Waals surface area (Å²) in [4.78, 5) is 0. The van der Waals surface area contributed by atoms with Crippen LogP contribution in [-0.2, 0) is 24.0 Å². The number of rotatable bonds is 7. The molecule has 0 amide bonds. The molecule has 1 aliphatic heterocycles. The van der Waals surface area contributed by atoms with Crippen LogP contribution in [0.4, 0.5) is 0 Å². The molecule has 0 aromatic heterocycles. The van der Waals surface area contributed by atoms with Crippen LogP contribution in [0, 0.1) is 0 Å². The summed E-state index contributed by atoms with van der Waals surface area (Å²) in [5.74, 6) is 0. The monoisotopic (exact) mass is 289 g/mol. The lowest BCUT2D eigenvalue weighted by atomic mass is 9.87. The van der Waals surface area contributed by atoms with Gasteiger partial charge in [0.2, 0.25) is 0 Å². The maximum Gasteiger partial charge on any atom is 0.0594 e. The first-order valence-corrected chi connectivity index (χ1v) is 8.66. The minimum absolute atomic E-state index is 0.420. The highest BCUT2D eigenvalue weighted by molar-refractivity contribution is 5.42. The molecule has 2 unspecified atom stereocenters. The van der Waals surface area contributed by atoms with E-state index >= 15 is 0 Å². The van der Waals surface area contributed by atoms with Gasteiger partial charge < -0.3 is 10.1 Å². The molecule has 1 aromatic carbocycles. The summed E-state index contributed by atoms with van der Waals surface area (Å²) < 4.78 is 5.86. The van der Waals surface area contributed by atoms with Gasteiger partial charge in [-0.1, -0.05) is 32.9 Å². The molecule has 1 fully saturated rings. The topological polar surface area (TPSA) is 21.3 Å². The lowest BCUT2D eigenvalue weighted by molar-refractivity contribution is 0.0952. The Bertz CT molecular complexity index is 424. The third-order valence-corrected chi connectivity index (χ3v) is 4.80. The van der Waals surface area contributed by atoms with Gasteiger partial charge >= 0.3 is 0 Å². The molecule has 1 N–H and O–H groups in total. The number of aryl methyl sites for hydroxylation is 3. The lowest BCUT2D eigenvalue weighted by Crippen LogP contribution is -2.24. The molecule has 1 aliphatic rings. The van der Waals surface area contributed by atoms with Crippen LogP contribution in [0.25, 0.3) is 0 Å². The van der Waals surface area contributed by atoms with Gasteiger partial charge in [-0.05, 0) is 67.8 Å². The molecule has 0 bridgehead atoms. The zero-order chi connectivity index (χ0) is 15.2. The SMILES string of the molecule is CCc1cc(CC)c(C(CC2CCCO2)NC)c(CC)c1. The van der Waals surface area contributed by atoms with Crippen molar-refractivity contribution in [3.8, 4) is 0 Å². The molecule has 2 rings (SSSR count). The largest absolute Gasteiger partial charge is 0.378 e. The van der Waals surface area contributed by atoms with Crippen molar-refractivity contribution in [3.63, 3.8) is 0 Å². The van der Waals surface area contributed by atoms with E-state index < -0.39 is 0 Å². The van der Waals surface area contributed by atoms with Crippen molar-refractivity contribution in [2.24, 2.45) is 0 Å². The summed E-state index contributed by atoms with van der Waals surface area (Å²) in [5.41, 5.74) is 6.04. The van der Waals surface area contributed by atoms with E-state index in [4.69, 9.17) is 4.74 Å². The molecule has 1 heterocycles. The van der Waals surface area contributed by atoms with Gasteiger partial charge in [0, 0.05) is 12.6 Å². The average molecular weight is 289 g/mol. The Balaban J connectivity index is 2.33. The van der Waals surface area contributed by atoms with E-state index in [0.29, 0.717) is 12.1 Å². The second kappa shape index (κ2) is 7.95. The molecule has 0 aliphatic carbocycles. The van der Waals surface area contributed by atoms with Crippen molar-refractivity contribution in [1.82, 2.24) is 5.32 Å². The standard InChI is InChI=1S/C19H31NO/c1-5-14-11-15(6-2)19(16(7-3)12-14)18(20-4)13-17-9-8-10-21-17/h11-12,17-18,20H,5-10,13H2,1-4H3. The van der Waals surface area contributed by atoms with E-state index in [-0.39, 0.29) is 0 Å². The van der Waals surface area contributed by atoms with Crippen LogP contribution in [-0.4, -0.2) is 19.8 Å². The second-order valence-electron chi connectivity index (χ2n) is 6.10. The second-order valence-corrected chi connectivity index (χ2v) is 6.10. The van der Waals surface area contributed by atoms with Crippen molar-refractivity contribution in [2.75, 3.05) is 13.7 Å².